The zero-order chi connectivity index (χ0) is 20.2. The number of alkyl halides is 2. The molecule has 1 unspecified atom stereocenters. The maximum Gasteiger partial charge on any atom is 0.319 e. The highest BCUT2D eigenvalue weighted by Gasteiger charge is 2.85. The molecule has 0 bridgehead atoms. The Balaban J connectivity index is 3.95. The molecule has 0 saturated carbocycles. The summed E-state index contributed by atoms with van der Waals surface area (Å²) in [4.78, 5) is 47.3. The number of halogens is 2. The molecule has 0 aromatic heterocycles. The fourth-order valence-corrected chi connectivity index (χ4v) is 2.78. The molecule has 4 N–H and O–H groups in total. The van der Waals surface area contributed by atoms with E-state index in [9.17, 15) is 48.4 Å². The Labute approximate surface area is 140 Å². The summed E-state index contributed by atoms with van der Waals surface area (Å²) in [6, 6.07) is 0. The van der Waals surface area contributed by atoms with Crippen molar-refractivity contribution >= 4 is 23.1 Å². The lowest BCUT2D eigenvalue weighted by Gasteiger charge is -2.56. The van der Waals surface area contributed by atoms with Crippen LogP contribution in [0.25, 0.3) is 0 Å². The third-order valence-corrected chi connectivity index (χ3v) is 4.28. The predicted octanol–water partition coefficient (Wildman–Crippen LogP) is -2.11. The van der Waals surface area contributed by atoms with Gasteiger partial charge in [0, 0.05) is 6.92 Å². The Morgan fingerprint density at radius 2 is 1.32 bits per heavy atom. The minimum Gasteiger partial charge on any atom is -0.386 e. The molecule has 1 rings (SSSR count). The van der Waals surface area contributed by atoms with Crippen LogP contribution < -0.4 is 0 Å². The first-order valence-corrected chi connectivity index (χ1v) is 7.01. The predicted molar refractivity (Wildman–Crippen MR) is 73.4 cm³/mol. The number of hydrogen-bond donors (Lipinski definition) is 4. The van der Waals surface area contributed by atoms with Crippen molar-refractivity contribution in [2.75, 3.05) is 0 Å². The van der Waals surface area contributed by atoms with E-state index in [0.29, 0.717) is 20.8 Å². The number of Topliss-reactive ketones (excluding diaryl/α,β-unsaturated/α-hetero) is 4. The monoisotopic (exact) mass is 368 g/mol. The van der Waals surface area contributed by atoms with Crippen LogP contribution in [0.15, 0.2) is 0 Å². The third-order valence-electron chi connectivity index (χ3n) is 4.28. The van der Waals surface area contributed by atoms with Crippen LogP contribution in [0.3, 0.4) is 0 Å². The van der Waals surface area contributed by atoms with Gasteiger partial charge in [-0.3, -0.25) is 19.2 Å². The van der Waals surface area contributed by atoms with Crippen LogP contribution in [0.4, 0.5) is 8.78 Å². The Bertz CT molecular complexity index is 646. The molecule has 0 spiro atoms. The average Bonchev–Trinajstić information content (AvgIpc) is 2.47. The van der Waals surface area contributed by atoms with Crippen molar-refractivity contribution in [3.05, 3.63) is 0 Å². The van der Waals surface area contributed by atoms with Gasteiger partial charge in [-0.25, -0.2) is 0 Å². The summed E-state index contributed by atoms with van der Waals surface area (Å²) in [5.41, 5.74) is -8.50. The molecule has 1 aliphatic heterocycles. The number of rotatable bonds is 5. The zero-order valence-corrected chi connectivity index (χ0v) is 13.7. The van der Waals surface area contributed by atoms with Gasteiger partial charge in [0.1, 0.15) is 6.10 Å². The maximum atomic E-state index is 14.8. The number of carbonyl (C=O) groups is 4. The van der Waals surface area contributed by atoms with Crippen molar-refractivity contribution in [2.45, 2.75) is 62.8 Å². The van der Waals surface area contributed by atoms with Crippen LogP contribution in [-0.4, -0.2) is 78.7 Å². The molecular formula is C14H18F2O9. The normalized spacial score (nSPS) is 38.7. The molecule has 5 atom stereocenters. The summed E-state index contributed by atoms with van der Waals surface area (Å²) in [5.74, 6) is -16.0. The number of aliphatic hydroxyl groups is 4. The lowest BCUT2D eigenvalue weighted by Crippen LogP contribution is -2.88. The molecular weight excluding hydrogens is 350 g/mol. The fourth-order valence-electron chi connectivity index (χ4n) is 2.78. The Hall–Kier alpha value is -1.66. The first kappa shape index (κ1) is 21.4. The van der Waals surface area contributed by atoms with E-state index in [0.717, 1.165) is 6.92 Å². The molecule has 1 aliphatic rings. The highest BCUT2D eigenvalue weighted by Crippen LogP contribution is 2.52. The van der Waals surface area contributed by atoms with Gasteiger partial charge in [-0.05, 0) is 20.8 Å². The molecule has 0 amide bonds. The summed E-state index contributed by atoms with van der Waals surface area (Å²) in [5, 5.41) is 40.4. The molecule has 142 valence electrons. The molecule has 0 aliphatic carbocycles. The van der Waals surface area contributed by atoms with Gasteiger partial charge < -0.3 is 25.2 Å². The number of aliphatic hydroxyl groups excluding tert-OH is 1. The van der Waals surface area contributed by atoms with Crippen LogP contribution in [0, 0.1) is 0 Å². The van der Waals surface area contributed by atoms with E-state index in [2.05, 4.69) is 4.74 Å². The highest BCUT2D eigenvalue weighted by atomic mass is 19.3. The van der Waals surface area contributed by atoms with Crippen molar-refractivity contribution in [2.24, 2.45) is 0 Å². The van der Waals surface area contributed by atoms with Gasteiger partial charge >= 0.3 is 5.92 Å². The van der Waals surface area contributed by atoms with E-state index < -0.39 is 58.3 Å². The number of ketones is 4. The van der Waals surface area contributed by atoms with Crippen LogP contribution in [0.1, 0.15) is 27.7 Å². The summed E-state index contributed by atoms with van der Waals surface area (Å²) in [6.45, 7) is 2.06. The van der Waals surface area contributed by atoms with Crippen molar-refractivity contribution in [1.29, 1.82) is 0 Å². The second-order valence-corrected chi connectivity index (χ2v) is 5.93. The minimum atomic E-state index is -4.98. The van der Waals surface area contributed by atoms with Crippen molar-refractivity contribution in [3.63, 3.8) is 0 Å². The lowest BCUT2D eigenvalue weighted by molar-refractivity contribution is -0.400. The van der Waals surface area contributed by atoms with Crippen LogP contribution >= 0.6 is 0 Å². The summed E-state index contributed by atoms with van der Waals surface area (Å²) < 4.78 is 33.9. The number of hydrogen-bond acceptors (Lipinski definition) is 9. The summed E-state index contributed by atoms with van der Waals surface area (Å²) in [7, 11) is 0. The zero-order valence-electron chi connectivity index (χ0n) is 13.7. The van der Waals surface area contributed by atoms with E-state index in [-0.39, 0.29) is 0 Å². The topological polar surface area (TPSA) is 158 Å². The van der Waals surface area contributed by atoms with E-state index >= 15 is 0 Å². The highest BCUT2D eigenvalue weighted by molar-refractivity contribution is 6.06. The van der Waals surface area contributed by atoms with Gasteiger partial charge in [0.05, 0.1) is 0 Å². The van der Waals surface area contributed by atoms with Gasteiger partial charge in [-0.1, -0.05) is 0 Å². The van der Waals surface area contributed by atoms with Gasteiger partial charge in [-0.15, -0.1) is 0 Å². The lowest BCUT2D eigenvalue weighted by atomic mass is 9.63. The molecule has 0 aromatic carbocycles. The summed E-state index contributed by atoms with van der Waals surface area (Å²) >= 11 is 0. The first-order valence-electron chi connectivity index (χ1n) is 7.01. The standard InChI is InChI=1S/C14H18F2O9/c1-5(17)9(21)10-13(15,16)11(22,6(2)18)12(23,7(3)19)14(24,25-10)8(4)20/h5,10,17,22-24H,1-4H3/t5?,10-,11-,12-,14+/m1/s1. The third kappa shape index (κ3) is 2.38. The van der Waals surface area contributed by atoms with Crippen LogP contribution in [0.5, 0.6) is 0 Å². The van der Waals surface area contributed by atoms with Gasteiger partial charge in [0.15, 0.2) is 29.2 Å². The number of ether oxygens (including phenoxy) is 1. The van der Waals surface area contributed by atoms with Crippen molar-refractivity contribution in [1.82, 2.24) is 0 Å². The molecule has 11 heteroatoms. The van der Waals surface area contributed by atoms with Gasteiger partial charge in [0.2, 0.25) is 11.2 Å². The molecule has 9 nitrogen and oxygen atoms in total. The van der Waals surface area contributed by atoms with Crippen molar-refractivity contribution < 1.29 is 53.1 Å². The quantitative estimate of drug-likeness (QED) is 0.426. The van der Waals surface area contributed by atoms with E-state index in [1.807, 2.05) is 0 Å². The van der Waals surface area contributed by atoms with Gasteiger partial charge in [0.25, 0.3) is 5.79 Å². The van der Waals surface area contributed by atoms with Crippen LogP contribution in [0.2, 0.25) is 0 Å². The smallest absolute Gasteiger partial charge is 0.319 e. The van der Waals surface area contributed by atoms with E-state index in [1.165, 1.54) is 0 Å². The molecule has 0 aromatic rings. The average molecular weight is 368 g/mol. The fraction of sp³-hybridized carbons (Fsp3) is 0.714. The summed E-state index contributed by atoms with van der Waals surface area (Å²) in [6.07, 6.45) is -5.30. The van der Waals surface area contributed by atoms with Gasteiger partial charge in [-0.2, -0.15) is 8.78 Å². The maximum absolute atomic E-state index is 14.8. The second kappa shape index (κ2) is 5.95. The largest absolute Gasteiger partial charge is 0.386 e. The number of carbonyl (C=O) groups excluding carboxylic acids is 4. The van der Waals surface area contributed by atoms with Crippen LogP contribution in [-0.2, 0) is 23.9 Å². The Morgan fingerprint density at radius 3 is 1.60 bits per heavy atom. The molecule has 1 saturated heterocycles. The van der Waals surface area contributed by atoms with E-state index in [1.54, 1.807) is 0 Å². The van der Waals surface area contributed by atoms with E-state index in [4.69, 9.17) is 0 Å². The molecule has 1 heterocycles. The Kier molecular flexibility index (Phi) is 5.09. The Morgan fingerprint density at radius 1 is 0.920 bits per heavy atom. The molecule has 25 heavy (non-hydrogen) atoms. The first-order chi connectivity index (χ1) is 11.0. The van der Waals surface area contributed by atoms with Crippen molar-refractivity contribution in [3.8, 4) is 0 Å². The molecule has 0 radical (unpaired) electrons. The second-order valence-electron chi connectivity index (χ2n) is 5.93. The minimum absolute atomic E-state index is 0.359. The SMILES string of the molecule is CC(=O)[C@]1(O)[C@](O)(C(C)=O)O[C@H](C(=O)C(C)O)C(F)(F)[C@@]1(O)C(C)=O. The molecule has 1 fully saturated rings.